The summed E-state index contributed by atoms with van der Waals surface area (Å²) in [6.45, 7) is 4.78. The Bertz CT molecular complexity index is 808. The van der Waals surface area contributed by atoms with Gasteiger partial charge in [-0.2, -0.15) is 0 Å². The lowest BCUT2D eigenvalue weighted by Crippen LogP contribution is -2.37. The molecule has 6 nitrogen and oxygen atoms in total. The van der Waals surface area contributed by atoms with Gasteiger partial charge in [0.2, 0.25) is 0 Å². The molecule has 12 atom stereocenters. The third kappa shape index (κ3) is 3.00. The van der Waals surface area contributed by atoms with Gasteiger partial charge in [-0.25, -0.2) is 4.79 Å². The van der Waals surface area contributed by atoms with Gasteiger partial charge in [0.05, 0.1) is 18.4 Å². The van der Waals surface area contributed by atoms with Gasteiger partial charge in [-0.1, -0.05) is 26.7 Å². The number of ether oxygens (including phenoxy) is 3. The molecule has 1 aliphatic heterocycles. The third-order valence-corrected chi connectivity index (χ3v) is 10.6. The van der Waals surface area contributed by atoms with Crippen molar-refractivity contribution < 1.29 is 28.6 Å². The summed E-state index contributed by atoms with van der Waals surface area (Å²) in [5.74, 6) is 4.07. The van der Waals surface area contributed by atoms with E-state index in [-0.39, 0.29) is 54.2 Å². The maximum absolute atomic E-state index is 12.9. The fourth-order valence-electron chi connectivity index (χ4n) is 9.54. The first-order chi connectivity index (χ1) is 15.5. The summed E-state index contributed by atoms with van der Waals surface area (Å²) in [7, 11) is 0. The highest BCUT2D eigenvalue weighted by Gasteiger charge is 2.62. The molecule has 1 saturated heterocycles. The number of rotatable bonds is 6. The summed E-state index contributed by atoms with van der Waals surface area (Å²) in [6, 6.07) is 0. The van der Waals surface area contributed by atoms with Gasteiger partial charge < -0.3 is 14.2 Å². The molecule has 176 valence electrons. The van der Waals surface area contributed by atoms with Crippen LogP contribution in [0.1, 0.15) is 58.8 Å². The van der Waals surface area contributed by atoms with Crippen LogP contribution in [0.15, 0.2) is 0 Å². The van der Waals surface area contributed by atoms with E-state index in [0.29, 0.717) is 24.4 Å². The molecule has 0 aromatic heterocycles. The van der Waals surface area contributed by atoms with E-state index >= 15 is 0 Å². The van der Waals surface area contributed by atoms with E-state index in [1.807, 2.05) is 0 Å². The molecule has 12 unspecified atom stereocenters. The molecule has 5 saturated carbocycles. The van der Waals surface area contributed by atoms with E-state index in [0.717, 1.165) is 37.0 Å². The van der Waals surface area contributed by atoms with E-state index in [1.165, 1.54) is 25.7 Å². The molecule has 4 bridgehead atoms. The number of fused-ring (bicyclic) bond motifs is 10. The van der Waals surface area contributed by atoms with E-state index in [9.17, 15) is 14.4 Å². The van der Waals surface area contributed by atoms with E-state index in [1.54, 1.807) is 0 Å². The maximum Gasteiger partial charge on any atom is 0.344 e. The Morgan fingerprint density at radius 3 is 2.44 bits per heavy atom. The van der Waals surface area contributed by atoms with Gasteiger partial charge in [0.1, 0.15) is 6.10 Å². The summed E-state index contributed by atoms with van der Waals surface area (Å²) in [5.41, 5.74) is 0. The molecule has 0 amide bonds. The largest absolute Gasteiger partial charge is 0.465 e. The fourth-order valence-corrected chi connectivity index (χ4v) is 9.54. The molecule has 6 rings (SSSR count). The van der Waals surface area contributed by atoms with Gasteiger partial charge in [0.15, 0.2) is 6.61 Å². The lowest BCUT2D eigenvalue weighted by Gasteiger charge is -2.34. The topological polar surface area (TPSA) is 78.9 Å². The zero-order chi connectivity index (χ0) is 22.1. The Balaban J connectivity index is 1.02. The highest BCUT2D eigenvalue weighted by Crippen LogP contribution is 2.65. The Kier molecular flexibility index (Phi) is 5.07. The third-order valence-electron chi connectivity index (χ3n) is 10.6. The average molecular weight is 445 g/mol. The molecule has 6 fully saturated rings. The number of esters is 3. The minimum atomic E-state index is -0.447. The van der Waals surface area contributed by atoms with Crippen LogP contribution in [-0.2, 0) is 28.6 Å². The molecule has 6 aliphatic rings. The second kappa shape index (κ2) is 7.73. The van der Waals surface area contributed by atoms with Crippen LogP contribution in [0.3, 0.4) is 0 Å². The maximum atomic E-state index is 12.9. The lowest BCUT2D eigenvalue weighted by molar-refractivity contribution is -0.168. The van der Waals surface area contributed by atoms with Crippen molar-refractivity contribution in [3.05, 3.63) is 0 Å². The summed E-state index contributed by atoms with van der Waals surface area (Å²) in [5, 5.41) is 0. The second-order valence-electron chi connectivity index (χ2n) is 11.6. The highest BCUT2D eigenvalue weighted by atomic mass is 16.6. The molecular formula is C26H36O6. The van der Waals surface area contributed by atoms with Crippen LogP contribution in [-0.4, -0.2) is 37.2 Å². The van der Waals surface area contributed by atoms with Gasteiger partial charge in [0, 0.05) is 11.8 Å². The predicted molar refractivity (Wildman–Crippen MR) is 114 cm³/mol. The normalized spacial score (nSPS) is 49.8. The summed E-state index contributed by atoms with van der Waals surface area (Å²) < 4.78 is 16.5. The Labute approximate surface area is 190 Å². The van der Waals surface area contributed by atoms with Crippen LogP contribution in [0.25, 0.3) is 0 Å². The monoisotopic (exact) mass is 444 g/mol. The first kappa shape index (κ1) is 21.0. The minimum absolute atomic E-state index is 0.00392. The van der Waals surface area contributed by atoms with Gasteiger partial charge in [-0.15, -0.1) is 0 Å². The van der Waals surface area contributed by atoms with Crippen LogP contribution >= 0.6 is 0 Å². The van der Waals surface area contributed by atoms with E-state index < -0.39 is 5.97 Å². The molecular weight excluding hydrogens is 408 g/mol. The molecule has 1 heterocycles. The molecule has 6 heteroatoms. The second-order valence-corrected chi connectivity index (χ2v) is 11.6. The minimum Gasteiger partial charge on any atom is -0.465 e. The van der Waals surface area contributed by atoms with Crippen molar-refractivity contribution in [2.45, 2.75) is 64.9 Å². The number of cyclic esters (lactones) is 1. The van der Waals surface area contributed by atoms with Crippen molar-refractivity contribution in [2.75, 3.05) is 13.2 Å². The van der Waals surface area contributed by atoms with Crippen LogP contribution in [0.2, 0.25) is 0 Å². The van der Waals surface area contributed by atoms with Crippen molar-refractivity contribution in [1.82, 2.24) is 0 Å². The van der Waals surface area contributed by atoms with E-state index in [2.05, 4.69) is 13.8 Å². The van der Waals surface area contributed by atoms with Crippen molar-refractivity contribution in [3.63, 3.8) is 0 Å². The van der Waals surface area contributed by atoms with Crippen LogP contribution in [0.4, 0.5) is 0 Å². The fraction of sp³-hybridized carbons (Fsp3) is 0.885. The predicted octanol–water partition coefficient (Wildman–Crippen LogP) is 3.61. The first-order valence-corrected chi connectivity index (χ1v) is 13.0. The quantitative estimate of drug-likeness (QED) is 0.460. The number of hydrogen-bond acceptors (Lipinski definition) is 6. The van der Waals surface area contributed by atoms with Gasteiger partial charge in [-0.3, -0.25) is 9.59 Å². The number of carbonyl (C=O) groups excluding carboxylic acids is 3. The molecule has 32 heavy (non-hydrogen) atoms. The Morgan fingerprint density at radius 1 is 0.906 bits per heavy atom. The van der Waals surface area contributed by atoms with Crippen LogP contribution in [0.5, 0.6) is 0 Å². The molecule has 5 aliphatic carbocycles. The van der Waals surface area contributed by atoms with E-state index in [4.69, 9.17) is 14.2 Å². The standard InChI is InChI=1S/C26H36O6/c1-3-12-5-13(4-2)23-17-7-14(22(12)23)8-18(17)25(28)31-11-21(27)32-20-9-15-6-16(20)19-10-30-26(29)24(15)19/h12-20,22-24H,3-11H2,1-2H3. The van der Waals surface area contributed by atoms with Crippen molar-refractivity contribution in [2.24, 2.45) is 65.1 Å². The number of hydrogen-bond donors (Lipinski definition) is 0. The lowest BCUT2D eigenvalue weighted by atomic mass is 9.70. The van der Waals surface area contributed by atoms with Crippen LogP contribution < -0.4 is 0 Å². The van der Waals surface area contributed by atoms with Crippen LogP contribution in [0, 0.1) is 65.1 Å². The molecule has 0 spiro atoms. The Hall–Kier alpha value is -1.59. The zero-order valence-electron chi connectivity index (χ0n) is 19.2. The van der Waals surface area contributed by atoms with Gasteiger partial charge in [0.25, 0.3) is 0 Å². The molecule has 0 radical (unpaired) electrons. The highest BCUT2D eigenvalue weighted by molar-refractivity contribution is 5.79. The zero-order valence-corrected chi connectivity index (χ0v) is 19.2. The Morgan fingerprint density at radius 2 is 1.66 bits per heavy atom. The smallest absolute Gasteiger partial charge is 0.344 e. The van der Waals surface area contributed by atoms with Crippen molar-refractivity contribution in [1.29, 1.82) is 0 Å². The summed E-state index contributed by atoms with van der Waals surface area (Å²) >= 11 is 0. The van der Waals surface area contributed by atoms with Crippen molar-refractivity contribution in [3.8, 4) is 0 Å². The number of carbonyl (C=O) groups is 3. The van der Waals surface area contributed by atoms with Gasteiger partial charge >= 0.3 is 17.9 Å². The summed E-state index contributed by atoms with van der Waals surface area (Å²) in [4.78, 5) is 37.3. The molecule has 0 N–H and O–H groups in total. The first-order valence-electron chi connectivity index (χ1n) is 13.0. The summed E-state index contributed by atoms with van der Waals surface area (Å²) in [6.07, 6.45) is 7.40. The average Bonchev–Trinajstić information content (AvgIpc) is 3.59. The molecule has 0 aromatic rings. The molecule has 0 aromatic carbocycles. The van der Waals surface area contributed by atoms with Crippen molar-refractivity contribution >= 4 is 17.9 Å². The SMILES string of the molecule is CCC1CC(CC)C2C3CC(CC3C(=O)OCC(=O)OC3CC4CC3C3COC(=O)C43)C12. The van der Waals surface area contributed by atoms with Gasteiger partial charge in [-0.05, 0) is 73.5 Å².